The molecule has 0 aromatic heterocycles. The number of hydrogen-bond acceptors (Lipinski definition) is 2. The average molecular weight is 283 g/mol. The molecule has 16 heavy (non-hydrogen) atoms. The number of benzene rings is 1. The number of nitrogens with zero attached hydrogens (tertiary/aromatic N) is 2. The maximum absolute atomic E-state index is 14.0. The topological polar surface area (TPSA) is 27.0 Å². The smallest absolute Gasteiger partial charge is 0.161 e. The molecule has 0 spiro atoms. The van der Waals surface area contributed by atoms with Crippen molar-refractivity contribution >= 4 is 21.6 Å². The van der Waals surface area contributed by atoms with Crippen LogP contribution in [0, 0.1) is 17.1 Å². The monoisotopic (exact) mass is 282 g/mol. The van der Waals surface area contributed by atoms with E-state index in [0.29, 0.717) is 17.3 Å². The van der Waals surface area contributed by atoms with Crippen molar-refractivity contribution in [3.05, 3.63) is 28.0 Å². The van der Waals surface area contributed by atoms with Crippen molar-refractivity contribution in [2.45, 2.75) is 25.8 Å². The molecule has 0 saturated carbocycles. The van der Waals surface area contributed by atoms with E-state index in [1.807, 2.05) is 6.07 Å². The van der Waals surface area contributed by atoms with Crippen LogP contribution in [0.1, 0.15) is 25.3 Å². The first kappa shape index (κ1) is 11.4. The van der Waals surface area contributed by atoms with E-state index in [1.165, 1.54) is 0 Å². The molecule has 1 aliphatic heterocycles. The third kappa shape index (κ3) is 1.80. The molecule has 0 radical (unpaired) electrons. The minimum atomic E-state index is -0.326. The van der Waals surface area contributed by atoms with Crippen molar-refractivity contribution in [2.24, 2.45) is 0 Å². The van der Waals surface area contributed by atoms with Gasteiger partial charge >= 0.3 is 0 Å². The van der Waals surface area contributed by atoms with Gasteiger partial charge in [-0.2, -0.15) is 5.26 Å². The van der Waals surface area contributed by atoms with Crippen LogP contribution in [0.2, 0.25) is 0 Å². The summed E-state index contributed by atoms with van der Waals surface area (Å²) in [5, 5.41) is 8.79. The third-order valence-electron chi connectivity index (χ3n) is 3.04. The lowest BCUT2D eigenvalue weighted by Gasteiger charge is -2.24. The Morgan fingerprint density at radius 2 is 2.31 bits per heavy atom. The maximum atomic E-state index is 14.0. The Hall–Kier alpha value is -1.08. The SMILES string of the molecule is CC1CCCN1c1ccc(C#N)c(Br)c1F. The minimum absolute atomic E-state index is 0.270. The molecule has 0 amide bonds. The van der Waals surface area contributed by atoms with Crippen LogP contribution in [0.15, 0.2) is 16.6 Å². The maximum Gasteiger partial charge on any atom is 0.161 e. The minimum Gasteiger partial charge on any atom is -0.366 e. The van der Waals surface area contributed by atoms with Gasteiger partial charge in [0.1, 0.15) is 6.07 Å². The van der Waals surface area contributed by atoms with E-state index < -0.39 is 0 Å². The molecule has 1 aliphatic rings. The Bertz CT molecular complexity index is 453. The molecular weight excluding hydrogens is 271 g/mol. The summed E-state index contributed by atoms with van der Waals surface area (Å²) in [6, 6.07) is 5.68. The lowest BCUT2D eigenvalue weighted by Crippen LogP contribution is -2.27. The van der Waals surface area contributed by atoms with Gasteiger partial charge in [-0.05, 0) is 47.8 Å². The number of halogens is 2. The second-order valence-corrected chi connectivity index (χ2v) is 4.85. The molecule has 1 fully saturated rings. The van der Waals surface area contributed by atoms with E-state index >= 15 is 0 Å². The van der Waals surface area contributed by atoms with Gasteiger partial charge in [-0.25, -0.2) is 4.39 Å². The summed E-state index contributed by atoms with van der Waals surface area (Å²) in [6.45, 7) is 2.98. The zero-order chi connectivity index (χ0) is 11.7. The highest BCUT2D eigenvalue weighted by Crippen LogP contribution is 2.33. The lowest BCUT2D eigenvalue weighted by molar-refractivity contribution is 0.607. The summed E-state index contributed by atoms with van der Waals surface area (Å²) < 4.78 is 14.3. The Balaban J connectivity index is 2.43. The molecule has 4 heteroatoms. The van der Waals surface area contributed by atoms with E-state index in [9.17, 15) is 4.39 Å². The second kappa shape index (κ2) is 4.42. The zero-order valence-electron chi connectivity index (χ0n) is 9.00. The zero-order valence-corrected chi connectivity index (χ0v) is 10.6. The van der Waals surface area contributed by atoms with Crippen LogP contribution in [0.3, 0.4) is 0 Å². The molecule has 1 unspecified atom stereocenters. The Morgan fingerprint density at radius 3 is 2.88 bits per heavy atom. The van der Waals surface area contributed by atoms with Crippen LogP contribution in [-0.4, -0.2) is 12.6 Å². The summed E-state index contributed by atoms with van der Waals surface area (Å²) in [5.74, 6) is -0.326. The Labute approximate surface area is 103 Å². The van der Waals surface area contributed by atoms with E-state index in [1.54, 1.807) is 12.1 Å². The van der Waals surface area contributed by atoms with E-state index in [-0.39, 0.29) is 10.3 Å². The Morgan fingerprint density at radius 1 is 1.56 bits per heavy atom. The van der Waals surface area contributed by atoms with Crippen molar-refractivity contribution in [3.63, 3.8) is 0 Å². The van der Waals surface area contributed by atoms with Crippen LogP contribution in [-0.2, 0) is 0 Å². The van der Waals surface area contributed by atoms with Crippen LogP contribution < -0.4 is 4.90 Å². The van der Waals surface area contributed by atoms with E-state index in [4.69, 9.17) is 5.26 Å². The van der Waals surface area contributed by atoms with Crippen LogP contribution in [0.4, 0.5) is 10.1 Å². The average Bonchev–Trinajstić information content (AvgIpc) is 2.69. The highest BCUT2D eigenvalue weighted by molar-refractivity contribution is 9.10. The van der Waals surface area contributed by atoms with Gasteiger partial charge in [0.25, 0.3) is 0 Å². The molecule has 0 N–H and O–H groups in total. The normalized spacial score (nSPS) is 19.9. The molecule has 2 nitrogen and oxygen atoms in total. The second-order valence-electron chi connectivity index (χ2n) is 4.06. The molecule has 0 aliphatic carbocycles. The molecule has 84 valence electrons. The largest absolute Gasteiger partial charge is 0.366 e. The van der Waals surface area contributed by atoms with Crippen molar-refractivity contribution in [1.82, 2.24) is 0 Å². The number of rotatable bonds is 1. The van der Waals surface area contributed by atoms with Crippen LogP contribution in [0.5, 0.6) is 0 Å². The summed E-state index contributed by atoms with van der Waals surface area (Å²) in [5.41, 5.74) is 0.934. The van der Waals surface area contributed by atoms with Crippen molar-refractivity contribution < 1.29 is 4.39 Å². The molecule has 2 rings (SSSR count). The molecule has 1 atom stereocenters. The number of nitriles is 1. The van der Waals surface area contributed by atoms with Crippen molar-refractivity contribution in [1.29, 1.82) is 5.26 Å². The van der Waals surface area contributed by atoms with Gasteiger partial charge in [-0.15, -0.1) is 0 Å². The third-order valence-corrected chi connectivity index (χ3v) is 3.82. The van der Waals surface area contributed by atoms with Gasteiger partial charge in [0.15, 0.2) is 5.82 Å². The summed E-state index contributed by atoms with van der Waals surface area (Å²) in [4.78, 5) is 2.06. The van der Waals surface area contributed by atoms with E-state index in [2.05, 4.69) is 27.8 Å². The summed E-state index contributed by atoms with van der Waals surface area (Å²) >= 11 is 3.13. The quantitative estimate of drug-likeness (QED) is 0.789. The predicted octanol–water partition coefficient (Wildman–Crippen LogP) is 3.45. The lowest BCUT2D eigenvalue weighted by atomic mass is 10.2. The van der Waals surface area contributed by atoms with Crippen LogP contribution >= 0.6 is 15.9 Å². The standard InChI is InChI=1S/C12H12BrFN2/c1-8-3-2-6-16(8)10-5-4-9(7-15)11(13)12(10)14/h4-5,8H,2-3,6H2,1H3. The van der Waals surface area contributed by atoms with Gasteiger partial charge in [-0.1, -0.05) is 0 Å². The van der Waals surface area contributed by atoms with Gasteiger partial charge in [0, 0.05) is 12.6 Å². The molecular formula is C12H12BrFN2. The fourth-order valence-corrected chi connectivity index (χ4v) is 2.56. The van der Waals surface area contributed by atoms with Gasteiger partial charge < -0.3 is 4.90 Å². The van der Waals surface area contributed by atoms with Crippen LogP contribution in [0.25, 0.3) is 0 Å². The molecule has 1 aromatic carbocycles. The predicted molar refractivity (Wildman–Crippen MR) is 64.9 cm³/mol. The summed E-state index contributed by atoms with van der Waals surface area (Å²) in [6.07, 6.45) is 2.19. The fraction of sp³-hybridized carbons (Fsp3) is 0.417. The molecule has 1 heterocycles. The van der Waals surface area contributed by atoms with Gasteiger partial charge in [0.2, 0.25) is 0 Å². The fourth-order valence-electron chi connectivity index (χ4n) is 2.14. The highest BCUT2D eigenvalue weighted by atomic mass is 79.9. The number of anilines is 1. The van der Waals surface area contributed by atoms with Gasteiger partial charge in [-0.3, -0.25) is 0 Å². The van der Waals surface area contributed by atoms with Crippen molar-refractivity contribution in [2.75, 3.05) is 11.4 Å². The number of hydrogen-bond donors (Lipinski definition) is 0. The molecule has 0 bridgehead atoms. The first-order valence-electron chi connectivity index (χ1n) is 5.30. The molecule has 1 saturated heterocycles. The highest BCUT2D eigenvalue weighted by Gasteiger charge is 2.24. The van der Waals surface area contributed by atoms with Crippen molar-refractivity contribution in [3.8, 4) is 6.07 Å². The molecule has 1 aromatic rings. The summed E-state index contributed by atoms with van der Waals surface area (Å²) in [7, 11) is 0. The first-order valence-corrected chi connectivity index (χ1v) is 6.09. The first-order chi connectivity index (χ1) is 7.65. The van der Waals surface area contributed by atoms with Gasteiger partial charge in [0.05, 0.1) is 15.7 Å². The Kier molecular flexibility index (Phi) is 3.15. The van der Waals surface area contributed by atoms with E-state index in [0.717, 1.165) is 19.4 Å².